The summed E-state index contributed by atoms with van der Waals surface area (Å²) < 4.78 is 0. The van der Waals surface area contributed by atoms with E-state index in [1.54, 1.807) is 12.1 Å². The maximum absolute atomic E-state index is 12.2. The van der Waals surface area contributed by atoms with Gasteiger partial charge in [0.15, 0.2) is 0 Å². The van der Waals surface area contributed by atoms with Gasteiger partial charge < -0.3 is 10.6 Å². The summed E-state index contributed by atoms with van der Waals surface area (Å²) in [7, 11) is 0. The second-order valence-corrected chi connectivity index (χ2v) is 6.53. The molecule has 132 valence electrons. The first-order chi connectivity index (χ1) is 12.5. The third-order valence-corrected chi connectivity index (χ3v) is 4.36. The largest absolute Gasteiger partial charge is 0.365 e. The maximum atomic E-state index is 12.2. The van der Waals surface area contributed by atoms with Crippen LogP contribution in [0.5, 0.6) is 0 Å². The Bertz CT molecular complexity index is 912. The van der Waals surface area contributed by atoms with Gasteiger partial charge in [0.1, 0.15) is 11.5 Å². The van der Waals surface area contributed by atoms with Gasteiger partial charge in [0.05, 0.1) is 12.4 Å². The minimum Gasteiger partial charge on any atom is -0.365 e. The average Bonchev–Trinajstić information content (AvgIpc) is 2.65. The van der Waals surface area contributed by atoms with Crippen molar-refractivity contribution in [3.8, 4) is 0 Å². The summed E-state index contributed by atoms with van der Waals surface area (Å²) >= 11 is 11.9. The Labute approximate surface area is 161 Å². The van der Waals surface area contributed by atoms with Crippen LogP contribution in [0.4, 0.5) is 11.5 Å². The smallest absolute Gasteiger partial charge is 0.275 e. The van der Waals surface area contributed by atoms with E-state index in [-0.39, 0.29) is 11.6 Å². The van der Waals surface area contributed by atoms with Crippen LogP contribution in [0.1, 0.15) is 21.6 Å². The number of amides is 1. The normalized spacial score (nSPS) is 10.4. The molecule has 26 heavy (non-hydrogen) atoms. The van der Waals surface area contributed by atoms with E-state index in [0.29, 0.717) is 28.1 Å². The highest BCUT2D eigenvalue weighted by Crippen LogP contribution is 2.20. The quantitative estimate of drug-likeness (QED) is 0.650. The summed E-state index contributed by atoms with van der Waals surface area (Å²) in [5, 5.41) is 7.18. The van der Waals surface area contributed by atoms with Gasteiger partial charge in [-0.25, -0.2) is 9.97 Å². The van der Waals surface area contributed by atoms with Gasteiger partial charge in [-0.05, 0) is 42.3 Å². The van der Waals surface area contributed by atoms with Crippen molar-refractivity contribution in [1.29, 1.82) is 0 Å². The summed E-state index contributed by atoms with van der Waals surface area (Å²) in [4.78, 5) is 20.6. The van der Waals surface area contributed by atoms with Gasteiger partial charge >= 0.3 is 0 Å². The predicted octanol–water partition coefficient (Wildman–Crippen LogP) is 4.96. The molecule has 0 aliphatic carbocycles. The number of anilines is 2. The zero-order valence-electron chi connectivity index (χ0n) is 14.0. The van der Waals surface area contributed by atoms with Crippen molar-refractivity contribution in [2.45, 2.75) is 13.5 Å². The minimum atomic E-state index is -0.346. The number of carbonyl (C=O) groups excluding carboxylic acids is 1. The number of halogens is 2. The van der Waals surface area contributed by atoms with Gasteiger partial charge in [-0.3, -0.25) is 4.79 Å². The van der Waals surface area contributed by atoms with Crippen LogP contribution in [0.15, 0.2) is 54.9 Å². The molecule has 0 saturated heterocycles. The Kier molecular flexibility index (Phi) is 5.71. The lowest BCUT2D eigenvalue weighted by atomic mass is 10.2. The summed E-state index contributed by atoms with van der Waals surface area (Å²) in [5.74, 6) is 0.233. The zero-order chi connectivity index (χ0) is 18.5. The van der Waals surface area contributed by atoms with E-state index in [2.05, 4.69) is 20.6 Å². The molecule has 1 heterocycles. The molecule has 7 heteroatoms. The number of hydrogen-bond donors (Lipinski definition) is 2. The van der Waals surface area contributed by atoms with Crippen molar-refractivity contribution in [2.75, 3.05) is 10.6 Å². The first-order valence-electron chi connectivity index (χ1n) is 7.89. The first-order valence-corrected chi connectivity index (χ1v) is 8.65. The number of nitrogens with zero attached hydrogens (tertiary/aromatic N) is 2. The predicted molar refractivity (Wildman–Crippen MR) is 105 cm³/mol. The van der Waals surface area contributed by atoms with Crippen LogP contribution in [0, 0.1) is 6.92 Å². The second-order valence-electron chi connectivity index (χ2n) is 5.68. The molecule has 5 nitrogen and oxygen atoms in total. The van der Waals surface area contributed by atoms with Crippen molar-refractivity contribution in [2.24, 2.45) is 0 Å². The van der Waals surface area contributed by atoms with E-state index in [1.807, 2.05) is 37.3 Å². The Balaban J connectivity index is 1.60. The van der Waals surface area contributed by atoms with Crippen LogP contribution >= 0.6 is 23.2 Å². The lowest BCUT2D eigenvalue weighted by molar-refractivity contribution is 0.102. The van der Waals surface area contributed by atoms with Crippen LogP contribution in [-0.4, -0.2) is 15.9 Å². The van der Waals surface area contributed by atoms with Gasteiger partial charge in [0.2, 0.25) is 0 Å². The third-order valence-electron chi connectivity index (χ3n) is 3.70. The van der Waals surface area contributed by atoms with Crippen LogP contribution in [-0.2, 0) is 6.54 Å². The van der Waals surface area contributed by atoms with E-state index >= 15 is 0 Å². The second kappa shape index (κ2) is 8.17. The number of carbonyl (C=O) groups is 1. The summed E-state index contributed by atoms with van der Waals surface area (Å²) in [6.07, 6.45) is 2.95. The van der Waals surface area contributed by atoms with Crippen LogP contribution < -0.4 is 10.6 Å². The van der Waals surface area contributed by atoms with Crippen LogP contribution in [0.3, 0.4) is 0 Å². The SMILES string of the molecule is Cc1ccc(NC(=O)c2cnc(NCc3ccc(Cl)cc3)cn2)cc1Cl. The number of rotatable bonds is 5. The van der Waals surface area contributed by atoms with E-state index in [0.717, 1.165) is 11.1 Å². The molecule has 0 saturated carbocycles. The molecular weight excluding hydrogens is 371 g/mol. The highest BCUT2D eigenvalue weighted by molar-refractivity contribution is 6.31. The van der Waals surface area contributed by atoms with E-state index in [4.69, 9.17) is 23.2 Å². The fourth-order valence-electron chi connectivity index (χ4n) is 2.20. The minimum absolute atomic E-state index is 0.221. The Morgan fingerprint density at radius 2 is 1.81 bits per heavy atom. The van der Waals surface area contributed by atoms with E-state index in [1.165, 1.54) is 12.4 Å². The number of benzene rings is 2. The molecular formula is C19H16Cl2N4O. The number of aryl methyl sites for hydroxylation is 1. The van der Waals surface area contributed by atoms with Gasteiger partial charge in [0.25, 0.3) is 5.91 Å². The molecule has 2 N–H and O–H groups in total. The fraction of sp³-hybridized carbons (Fsp3) is 0.105. The topological polar surface area (TPSA) is 66.9 Å². The molecule has 0 bridgehead atoms. The van der Waals surface area contributed by atoms with Crippen molar-refractivity contribution in [3.63, 3.8) is 0 Å². The standard InChI is InChI=1S/C19H16Cl2N4O/c1-12-2-7-15(8-16(12)21)25-19(26)17-10-24-18(11-22-17)23-9-13-3-5-14(20)6-4-13/h2-8,10-11H,9H2,1H3,(H,23,24)(H,25,26). The summed E-state index contributed by atoms with van der Waals surface area (Å²) in [5.41, 5.74) is 2.84. The molecule has 0 fully saturated rings. The van der Waals surface area contributed by atoms with Crippen molar-refractivity contribution in [3.05, 3.63) is 81.7 Å². The van der Waals surface area contributed by atoms with Crippen LogP contribution in [0.25, 0.3) is 0 Å². The molecule has 3 aromatic rings. The Morgan fingerprint density at radius 3 is 2.46 bits per heavy atom. The molecule has 1 amide bonds. The lowest BCUT2D eigenvalue weighted by Crippen LogP contribution is -2.14. The van der Waals surface area contributed by atoms with E-state index in [9.17, 15) is 4.79 Å². The average molecular weight is 387 g/mol. The highest BCUT2D eigenvalue weighted by atomic mass is 35.5. The summed E-state index contributed by atoms with van der Waals surface area (Å²) in [6, 6.07) is 12.8. The lowest BCUT2D eigenvalue weighted by Gasteiger charge is -2.08. The van der Waals surface area contributed by atoms with Crippen molar-refractivity contribution in [1.82, 2.24) is 9.97 Å². The molecule has 3 rings (SSSR count). The number of nitrogens with one attached hydrogen (secondary N) is 2. The first kappa shape index (κ1) is 18.2. The maximum Gasteiger partial charge on any atom is 0.275 e. The van der Waals surface area contributed by atoms with Crippen molar-refractivity contribution < 1.29 is 4.79 Å². The number of hydrogen-bond acceptors (Lipinski definition) is 4. The fourth-order valence-corrected chi connectivity index (χ4v) is 2.50. The molecule has 0 aliphatic heterocycles. The van der Waals surface area contributed by atoms with Gasteiger partial charge in [-0.15, -0.1) is 0 Å². The summed E-state index contributed by atoms with van der Waals surface area (Å²) in [6.45, 7) is 2.48. The van der Waals surface area contributed by atoms with Gasteiger partial charge in [-0.1, -0.05) is 41.4 Å². The Hall–Kier alpha value is -2.63. The Morgan fingerprint density at radius 1 is 1.04 bits per heavy atom. The zero-order valence-corrected chi connectivity index (χ0v) is 15.5. The van der Waals surface area contributed by atoms with Crippen LogP contribution in [0.2, 0.25) is 10.0 Å². The van der Waals surface area contributed by atoms with E-state index < -0.39 is 0 Å². The molecule has 0 unspecified atom stereocenters. The highest BCUT2D eigenvalue weighted by Gasteiger charge is 2.09. The molecule has 0 radical (unpaired) electrons. The van der Waals surface area contributed by atoms with Gasteiger partial charge in [-0.2, -0.15) is 0 Å². The monoisotopic (exact) mass is 386 g/mol. The van der Waals surface area contributed by atoms with Gasteiger partial charge in [0, 0.05) is 22.3 Å². The third kappa shape index (κ3) is 4.71. The van der Waals surface area contributed by atoms with Crippen molar-refractivity contribution >= 4 is 40.6 Å². The molecule has 1 aromatic heterocycles. The molecule has 0 atom stereocenters. The molecule has 2 aromatic carbocycles. The molecule has 0 spiro atoms. The number of aromatic nitrogens is 2. The molecule has 0 aliphatic rings.